The van der Waals surface area contributed by atoms with Crippen LogP contribution in [0.1, 0.15) is 31.9 Å². The lowest BCUT2D eigenvalue weighted by atomic mass is 9.86. The summed E-state index contributed by atoms with van der Waals surface area (Å²) >= 11 is 0. The number of rotatable bonds is 3. The van der Waals surface area contributed by atoms with E-state index in [1.165, 1.54) is 11.6 Å². The summed E-state index contributed by atoms with van der Waals surface area (Å²) in [6, 6.07) is 7.77. The number of nitrogens with two attached hydrogens (primary N) is 1. The molecule has 1 rings (SSSR count). The molecule has 0 saturated heterocycles. The number of aliphatic hydroxyl groups excluding tert-OH is 1. The Morgan fingerprint density at radius 2 is 1.82 bits per heavy atom. The van der Waals surface area contributed by atoms with Gasteiger partial charge in [0.05, 0.1) is 0 Å². The van der Waals surface area contributed by atoms with E-state index >= 15 is 0 Å². The van der Waals surface area contributed by atoms with Gasteiger partial charge in [-0.05, 0) is 16.5 Å². The van der Waals surface area contributed by atoms with E-state index < -0.39 is 6.61 Å². The SMILES string of the molecule is CC(C)(C)c1ccc(/C(N)=C/C(=O)CO)cc1. The minimum Gasteiger partial charge on any atom is -0.398 e. The molecule has 1 aromatic carbocycles. The third-order valence-corrected chi connectivity index (χ3v) is 2.56. The summed E-state index contributed by atoms with van der Waals surface area (Å²) < 4.78 is 0. The Kier molecular flexibility index (Phi) is 4.07. The third kappa shape index (κ3) is 3.71. The van der Waals surface area contributed by atoms with Crippen LogP contribution >= 0.6 is 0 Å². The number of aliphatic hydroxyl groups is 1. The first-order valence-electron chi connectivity index (χ1n) is 5.56. The molecule has 0 aliphatic heterocycles. The summed E-state index contributed by atoms with van der Waals surface area (Å²) in [5, 5.41) is 8.63. The van der Waals surface area contributed by atoms with E-state index in [4.69, 9.17) is 10.8 Å². The Morgan fingerprint density at radius 3 is 2.24 bits per heavy atom. The third-order valence-electron chi connectivity index (χ3n) is 2.56. The quantitative estimate of drug-likeness (QED) is 0.783. The van der Waals surface area contributed by atoms with Gasteiger partial charge in [-0.1, -0.05) is 45.0 Å². The molecule has 3 heteroatoms. The van der Waals surface area contributed by atoms with Crippen molar-refractivity contribution in [1.29, 1.82) is 0 Å². The molecule has 0 saturated carbocycles. The second-order valence-corrected chi connectivity index (χ2v) is 5.05. The Hall–Kier alpha value is -1.61. The number of benzene rings is 1. The highest BCUT2D eigenvalue weighted by Gasteiger charge is 2.13. The maximum absolute atomic E-state index is 11.0. The molecule has 0 aliphatic carbocycles. The average molecular weight is 233 g/mol. The van der Waals surface area contributed by atoms with Crippen LogP contribution in [0, 0.1) is 0 Å². The van der Waals surface area contributed by atoms with Crippen LogP contribution in [0.4, 0.5) is 0 Å². The zero-order valence-electron chi connectivity index (χ0n) is 10.5. The van der Waals surface area contributed by atoms with Gasteiger partial charge in [0.15, 0.2) is 5.78 Å². The highest BCUT2D eigenvalue weighted by atomic mass is 16.3. The van der Waals surface area contributed by atoms with E-state index in [0.29, 0.717) is 5.70 Å². The first-order valence-corrected chi connectivity index (χ1v) is 5.56. The molecule has 0 amide bonds. The van der Waals surface area contributed by atoms with Gasteiger partial charge in [-0.3, -0.25) is 4.79 Å². The molecular weight excluding hydrogens is 214 g/mol. The van der Waals surface area contributed by atoms with Gasteiger partial charge in [0.25, 0.3) is 0 Å². The number of carbonyl (C=O) groups is 1. The molecule has 3 N–H and O–H groups in total. The number of ketones is 1. The summed E-state index contributed by atoms with van der Waals surface area (Å²) in [5.74, 6) is -0.387. The molecule has 0 bridgehead atoms. The van der Waals surface area contributed by atoms with Crippen molar-refractivity contribution in [3.05, 3.63) is 41.5 Å². The molecule has 92 valence electrons. The minimum atomic E-state index is -0.513. The fourth-order valence-electron chi connectivity index (χ4n) is 1.47. The van der Waals surface area contributed by atoms with Crippen molar-refractivity contribution in [2.24, 2.45) is 5.73 Å². The molecule has 0 heterocycles. The van der Waals surface area contributed by atoms with E-state index in [-0.39, 0.29) is 11.2 Å². The number of hydrogen-bond donors (Lipinski definition) is 2. The summed E-state index contributed by atoms with van der Waals surface area (Å²) in [7, 11) is 0. The van der Waals surface area contributed by atoms with Gasteiger partial charge in [0.2, 0.25) is 0 Å². The van der Waals surface area contributed by atoms with E-state index in [1.54, 1.807) is 0 Å². The van der Waals surface area contributed by atoms with Crippen LogP contribution in [0.3, 0.4) is 0 Å². The molecule has 0 radical (unpaired) electrons. The smallest absolute Gasteiger partial charge is 0.183 e. The molecule has 3 nitrogen and oxygen atoms in total. The minimum absolute atomic E-state index is 0.0952. The van der Waals surface area contributed by atoms with Crippen LogP contribution in [0.15, 0.2) is 30.3 Å². The van der Waals surface area contributed by atoms with Gasteiger partial charge >= 0.3 is 0 Å². The van der Waals surface area contributed by atoms with Gasteiger partial charge in [-0.15, -0.1) is 0 Å². The monoisotopic (exact) mass is 233 g/mol. The van der Waals surface area contributed by atoms with E-state index in [2.05, 4.69) is 20.8 Å². The Bertz CT molecular complexity index is 425. The maximum atomic E-state index is 11.0. The fourth-order valence-corrected chi connectivity index (χ4v) is 1.47. The summed E-state index contributed by atoms with van der Waals surface area (Å²) in [6.45, 7) is 5.89. The van der Waals surface area contributed by atoms with Crippen molar-refractivity contribution in [1.82, 2.24) is 0 Å². The Balaban J connectivity index is 2.96. The highest BCUT2D eigenvalue weighted by molar-refractivity contribution is 5.96. The number of carbonyl (C=O) groups excluding carboxylic acids is 1. The molecule has 0 unspecified atom stereocenters. The summed E-state index contributed by atoms with van der Waals surface area (Å²) in [5.41, 5.74) is 8.24. The van der Waals surface area contributed by atoms with Crippen LogP contribution in [0.25, 0.3) is 5.70 Å². The second-order valence-electron chi connectivity index (χ2n) is 5.05. The molecule has 0 aromatic heterocycles. The van der Waals surface area contributed by atoms with Crippen molar-refractivity contribution in [3.8, 4) is 0 Å². The standard InChI is InChI=1S/C14H19NO2/c1-14(2,3)11-6-4-10(5-7-11)13(15)8-12(17)9-16/h4-8,16H,9,15H2,1-3H3/b13-8-. The van der Waals surface area contributed by atoms with E-state index in [0.717, 1.165) is 5.56 Å². The summed E-state index contributed by atoms with van der Waals surface area (Å²) in [4.78, 5) is 11.0. The first-order chi connectivity index (χ1) is 7.84. The zero-order chi connectivity index (χ0) is 13.1. The fraction of sp³-hybridized carbons (Fsp3) is 0.357. The van der Waals surface area contributed by atoms with E-state index in [9.17, 15) is 4.79 Å². The largest absolute Gasteiger partial charge is 0.398 e. The predicted molar refractivity (Wildman–Crippen MR) is 69.4 cm³/mol. The topological polar surface area (TPSA) is 63.3 Å². The lowest BCUT2D eigenvalue weighted by Gasteiger charge is -2.19. The van der Waals surface area contributed by atoms with Gasteiger partial charge in [-0.2, -0.15) is 0 Å². The molecule has 0 atom stereocenters. The average Bonchev–Trinajstić information content (AvgIpc) is 2.27. The van der Waals surface area contributed by atoms with Crippen LogP contribution in [-0.2, 0) is 10.2 Å². The van der Waals surface area contributed by atoms with Gasteiger partial charge in [0, 0.05) is 11.8 Å². The van der Waals surface area contributed by atoms with Crippen molar-refractivity contribution in [2.45, 2.75) is 26.2 Å². The van der Waals surface area contributed by atoms with Crippen molar-refractivity contribution in [2.75, 3.05) is 6.61 Å². The van der Waals surface area contributed by atoms with Crippen LogP contribution in [0.5, 0.6) is 0 Å². The van der Waals surface area contributed by atoms with Crippen LogP contribution < -0.4 is 5.73 Å². The highest BCUT2D eigenvalue weighted by Crippen LogP contribution is 2.23. The lowest BCUT2D eigenvalue weighted by Crippen LogP contribution is -2.11. The number of hydrogen-bond acceptors (Lipinski definition) is 3. The van der Waals surface area contributed by atoms with Crippen LogP contribution in [0.2, 0.25) is 0 Å². The normalized spacial score (nSPS) is 12.6. The predicted octanol–water partition coefficient (Wildman–Crippen LogP) is 1.85. The Labute approximate surface area is 102 Å². The van der Waals surface area contributed by atoms with Crippen molar-refractivity contribution >= 4 is 11.5 Å². The van der Waals surface area contributed by atoms with Gasteiger partial charge in [0.1, 0.15) is 6.61 Å². The maximum Gasteiger partial charge on any atom is 0.183 e. The molecule has 1 aromatic rings. The van der Waals surface area contributed by atoms with Crippen LogP contribution in [-0.4, -0.2) is 17.5 Å². The van der Waals surface area contributed by atoms with Gasteiger partial charge < -0.3 is 10.8 Å². The lowest BCUT2D eigenvalue weighted by molar-refractivity contribution is -0.117. The van der Waals surface area contributed by atoms with Crippen molar-refractivity contribution < 1.29 is 9.90 Å². The molecule has 0 aliphatic rings. The molecular formula is C14H19NO2. The van der Waals surface area contributed by atoms with Gasteiger partial charge in [-0.25, -0.2) is 0 Å². The zero-order valence-corrected chi connectivity index (χ0v) is 10.5. The molecule has 0 spiro atoms. The Morgan fingerprint density at radius 1 is 1.29 bits per heavy atom. The molecule has 17 heavy (non-hydrogen) atoms. The molecule has 0 fully saturated rings. The van der Waals surface area contributed by atoms with E-state index in [1.807, 2.05) is 24.3 Å². The first kappa shape index (κ1) is 13.5. The second kappa shape index (κ2) is 5.15. The van der Waals surface area contributed by atoms with Crippen molar-refractivity contribution in [3.63, 3.8) is 0 Å². The summed E-state index contributed by atoms with van der Waals surface area (Å²) in [6.07, 6.45) is 1.26.